The van der Waals surface area contributed by atoms with Crippen LogP contribution in [0, 0.1) is 18.3 Å². The van der Waals surface area contributed by atoms with Crippen LogP contribution in [0.2, 0.25) is 0 Å². The minimum absolute atomic E-state index is 0.173. The maximum Gasteiger partial charge on any atom is 0.161 e. The molecule has 0 fully saturated rings. The van der Waals surface area contributed by atoms with Crippen molar-refractivity contribution in [2.24, 2.45) is 0 Å². The number of hydrogen-bond donors (Lipinski definition) is 1. The summed E-state index contributed by atoms with van der Waals surface area (Å²) >= 11 is 1.54. The summed E-state index contributed by atoms with van der Waals surface area (Å²) in [7, 11) is 0. The lowest BCUT2D eigenvalue weighted by atomic mass is 9.77. The molecule has 0 aromatic heterocycles. The van der Waals surface area contributed by atoms with E-state index >= 15 is 0 Å². The first-order chi connectivity index (χ1) is 10.7. The van der Waals surface area contributed by atoms with E-state index in [0.717, 1.165) is 34.7 Å². The molecule has 1 aromatic rings. The molecule has 0 radical (unpaired) electrons. The van der Waals surface area contributed by atoms with Crippen molar-refractivity contribution in [2.75, 3.05) is 6.26 Å². The van der Waals surface area contributed by atoms with Gasteiger partial charge in [0, 0.05) is 17.7 Å². The SMILES string of the molecule is CSC1=C(C#N)[C@@H](c2ccc(C)cc2)C2=C(CCCC2=O)N1. The standard InChI is InChI=1S/C18H18N2OS/c1-11-6-8-12(9-7-11)16-13(10-19)18(22-2)20-14-4-3-5-15(21)17(14)16/h6-9,16,20H,3-5H2,1-2H3/t16-/m1/s1. The Kier molecular flexibility index (Phi) is 4.08. The highest BCUT2D eigenvalue weighted by Gasteiger charge is 2.36. The van der Waals surface area contributed by atoms with Crippen LogP contribution in [0.25, 0.3) is 0 Å². The number of carbonyl (C=O) groups is 1. The van der Waals surface area contributed by atoms with Crippen LogP contribution < -0.4 is 5.32 Å². The summed E-state index contributed by atoms with van der Waals surface area (Å²) in [5, 5.41) is 13.9. The molecule has 0 bridgehead atoms. The Bertz CT molecular complexity index is 722. The molecular weight excluding hydrogens is 292 g/mol. The van der Waals surface area contributed by atoms with E-state index in [9.17, 15) is 10.1 Å². The largest absolute Gasteiger partial charge is 0.352 e. The number of aryl methyl sites for hydroxylation is 1. The molecule has 22 heavy (non-hydrogen) atoms. The number of rotatable bonds is 2. The van der Waals surface area contributed by atoms with Crippen LogP contribution in [0.1, 0.15) is 36.3 Å². The average Bonchev–Trinajstić information content (AvgIpc) is 2.54. The molecule has 3 rings (SSSR count). The van der Waals surface area contributed by atoms with Crippen molar-refractivity contribution in [2.45, 2.75) is 32.1 Å². The highest BCUT2D eigenvalue weighted by atomic mass is 32.2. The van der Waals surface area contributed by atoms with Gasteiger partial charge < -0.3 is 5.32 Å². The van der Waals surface area contributed by atoms with E-state index in [1.54, 1.807) is 0 Å². The molecule has 1 heterocycles. The van der Waals surface area contributed by atoms with Gasteiger partial charge in [0.25, 0.3) is 0 Å². The third kappa shape index (κ3) is 2.46. The third-order valence-electron chi connectivity index (χ3n) is 4.28. The summed E-state index contributed by atoms with van der Waals surface area (Å²) in [6.07, 6.45) is 4.30. The number of hydrogen-bond acceptors (Lipinski definition) is 4. The number of carbonyl (C=O) groups excluding carboxylic acids is 1. The van der Waals surface area contributed by atoms with Crippen LogP contribution in [0.5, 0.6) is 0 Å². The first-order valence-corrected chi connectivity index (χ1v) is 8.66. The molecule has 0 amide bonds. The Hall–Kier alpha value is -1.99. The van der Waals surface area contributed by atoms with Crippen molar-refractivity contribution in [1.29, 1.82) is 5.26 Å². The molecule has 0 saturated heterocycles. The van der Waals surface area contributed by atoms with E-state index in [1.807, 2.05) is 37.4 Å². The molecule has 2 aliphatic rings. The quantitative estimate of drug-likeness (QED) is 0.903. The first-order valence-electron chi connectivity index (χ1n) is 7.43. The molecule has 1 aromatic carbocycles. The molecule has 4 heteroatoms. The van der Waals surface area contributed by atoms with Crippen LogP contribution in [0.15, 0.2) is 46.1 Å². The van der Waals surface area contributed by atoms with Crippen molar-refractivity contribution in [3.8, 4) is 6.07 Å². The second-order valence-corrected chi connectivity index (χ2v) is 6.51. The van der Waals surface area contributed by atoms with E-state index in [-0.39, 0.29) is 11.7 Å². The van der Waals surface area contributed by atoms with Gasteiger partial charge in [0.05, 0.1) is 22.6 Å². The summed E-state index contributed by atoms with van der Waals surface area (Å²) in [4.78, 5) is 12.5. The predicted molar refractivity (Wildman–Crippen MR) is 89.1 cm³/mol. The lowest BCUT2D eigenvalue weighted by Crippen LogP contribution is -2.31. The van der Waals surface area contributed by atoms with Crippen LogP contribution in [0.3, 0.4) is 0 Å². The molecule has 3 nitrogen and oxygen atoms in total. The summed E-state index contributed by atoms with van der Waals surface area (Å²) in [6.45, 7) is 2.04. The van der Waals surface area contributed by atoms with Crippen molar-refractivity contribution < 1.29 is 4.79 Å². The Morgan fingerprint density at radius 2 is 2.00 bits per heavy atom. The number of thioether (sulfide) groups is 1. The van der Waals surface area contributed by atoms with E-state index in [4.69, 9.17) is 0 Å². The van der Waals surface area contributed by atoms with E-state index in [0.29, 0.717) is 12.0 Å². The van der Waals surface area contributed by atoms with Gasteiger partial charge in [-0.25, -0.2) is 0 Å². The zero-order chi connectivity index (χ0) is 15.7. The third-order valence-corrected chi connectivity index (χ3v) is 5.01. The number of ketones is 1. The van der Waals surface area contributed by atoms with Gasteiger partial charge in [-0.05, 0) is 31.6 Å². The van der Waals surface area contributed by atoms with Crippen LogP contribution >= 0.6 is 11.8 Å². The zero-order valence-electron chi connectivity index (χ0n) is 12.8. The number of nitrogens with one attached hydrogen (secondary N) is 1. The molecule has 1 aliphatic carbocycles. The normalized spacial score (nSPS) is 21.3. The van der Waals surface area contributed by atoms with Crippen molar-refractivity contribution in [3.05, 3.63) is 57.3 Å². The maximum absolute atomic E-state index is 12.5. The molecular formula is C18H18N2OS. The number of dihydropyridines is 1. The fourth-order valence-corrected chi connectivity index (χ4v) is 3.79. The number of nitrogens with zero attached hydrogens (tertiary/aromatic N) is 1. The van der Waals surface area contributed by atoms with E-state index in [1.165, 1.54) is 17.3 Å². The predicted octanol–water partition coefficient (Wildman–Crippen LogP) is 3.79. The molecule has 1 N–H and O–H groups in total. The minimum Gasteiger partial charge on any atom is -0.352 e. The maximum atomic E-state index is 12.5. The molecule has 0 saturated carbocycles. The Morgan fingerprint density at radius 3 is 2.64 bits per heavy atom. The van der Waals surface area contributed by atoms with Crippen molar-refractivity contribution in [3.63, 3.8) is 0 Å². The van der Waals surface area contributed by atoms with Gasteiger partial charge in [0.1, 0.15) is 0 Å². The molecule has 0 unspecified atom stereocenters. The van der Waals surface area contributed by atoms with Gasteiger partial charge >= 0.3 is 0 Å². The molecule has 1 aliphatic heterocycles. The van der Waals surface area contributed by atoms with Crippen LogP contribution in [-0.2, 0) is 4.79 Å². The average molecular weight is 310 g/mol. The minimum atomic E-state index is -0.225. The van der Waals surface area contributed by atoms with Gasteiger partial charge in [-0.3, -0.25) is 4.79 Å². The van der Waals surface area contributed by atoms with Crippen molar-refractivity contribution >= 4 is 17.5 Å². The van der Waals surface area contributed by atoms with E-state index < -0.39 is 0 Å². The molecule has 1 atom stereocenters. The summed E-state index contributed by atoms with van der Waals surface area (Å²) in [5.41, 5.74) is 4.66. The number of allylic oxidation sites excluding steroid dienone is 3. The second kappa shape index (κ2) is 6.02. The topological polar surface area (TPSA) is 52.9 Å². The van der Waals surface area contributed by atoms with Gasteiger partial charge in [-0.15, -0.1) is 11.8 Å². The fourth-order valence-electron chi connectivity index (χ4n) is 3.18. The lowest BCUT2D eigenvalue weighted by Gasteiger charge is -2.33. The first kappa shape index (κ1) is 14.9. The Morgan fingerprint density at radius 1 is 1.27 bits per heavy atom. The Balaban J connectivity index is 2.18. The highest BCUT2D eigenvalue weighted by molar-refractivity contribution is 8.02. The molecule has 112 valence electrons. The smallest absolute Gasteiger partial charge is 0.161 e. The number of benzene rings is 1. The summed E-state index contributed by atoms with van der Waals surface area (Å²) in [6, 6.07) is 10.5. The van der Waals surface area contributed by atoms with Gasteiger partial charge in [-0.1, -0.05) is 29.8 Å². The summed E-state index contributed by atoms with van der Waals surface area (Å²) < 4.78 is 0. The lowest BCUT2D eigenvalue weighted by molar-refractivity contribution is -0.116. The Labute approximate surface area is 135 Å². The van der Waals surface area contributed by atoms with E-state index in [2.05, 4.69) is 11.4 Å². The number of nitriles is 1. The monoisotopic (exact) mass is 310 g/mol. The molecule has 0 spiro atoms. The van der Waals surface area contributed by atoms with Gasteiger partial charge in [0.2, 0.25) is 0 Å². The van der Waals surface area contributed by atoms with Crippen LogP contribution in [0.4, 0.5) is 0 Å². The highest BCUT2D eigenvalue weighted by Crippen LogP contribution is 2.43. The second-order valence-electron chi connectivity index (χ2n) is 5.70. The van der Waals surface area contributed by atoms with Crippen LogP contribution in [-0.4, -0.2) is 12.0 Å². The summed E-state index contributed by atoms with van der Waals surface area (Å²) in [5.74, 6) is -0.0515. The van der Waals surface area contributed by atoms with Crippen molar-refractivity contribution in [1.82, 2.24) is 5.32 Å². The van der Waals surface area contributed by atoms with Gasteiger partial charge in [0.15, 0.2) is 5.78 Å². The number of Topliss-reactive ketones (excluding diaryl/α,β-unsaturated/α-hetero) is 1. The zero-order valence-corrected chi connectivity index (χ0v) is 13.6. The van der Waals surface area contributed by atoms with Gasteiger partial charge in [-0.2, -0.15) is 5.26 Å². The fraction of sp³-hybridized carbons (Fsp3) is 0.333.